The third-order valence-corrected chi connectivity index (χ3v) is 6.29. The van der Waals surface area contributed by atoms with Gasteiger partial charge in [-0.15, -0.1) is 11.3 Å². The van der Waals surface area contributed by atoms with Crippen LogP contribution in [0.2, 0.25) is 0 Å². The molecule has 0 N–H and O–H groups in total. The molecule has 0 spiro atoms. The molecule has 2 aliphatic carbocycles. The summed E-state index contributed by atoms with van der Waals surface area (Å²) in [5.41, 5.74) is 1.47. The highest BCUT2D eigenvalue weighted by atomic mass is 32.1. The average Bonchev–Trinajstić information content (AvgIpc) is 2.90. The minimum Gasteiger partial charge on any atom is -0.293 e. The highest BCUT2D eigenvalue weighted by Crippen LogP contribution is 2.36. The summed E-state index contributed by atoms with van der Waals surface area (Å²) in [6.07, 6.45) is 11.1. The summed E-state index contributed by atoms with van der Waals surface area (Å²) in [6.45, 7) is 2.28. The molecule has 2 aliphatic rings. The van der Waals surface area contributed by atoms with Gasteiger partial charge in [0.2, 0.25) is 0 Å². The van der Waals surface area contributed by atoms with Crippen molar-refractivity contribution in [1.82, 2.24) is 0 Å². The van der Waals surface area contributed by atoms with Gasteiger partial charge in [-0.1, -0.05) is 13.3 Å². The van der Waals surface area contributed by atoms with Crippen LogP contribution in [0.5, 0.6) is 0 Å². The van der Waals surface area contributed by atoms with E-state index in [2.05, 4.69) is 13.0 Å². The lowest BCUT2D eigenvalue weighted by atomic mass is 9.79. The van der Waals surface area contributed by atoms with E-state index >= 15 is 0 Å². The minimum atomic E-state index is 0.322. The molecular formula is C17H24OS. The van der Waals surface area contributed by atoms with Crippen LogP contribution in [-0.4, -0.2) is 5.78 Å². The first-order chi connectivity index (χ1) is 9.28. The van der Waals surface area contributed by atoms with Crippen molar-refractivity contribution in [2.24, 2.45) is 11.8 Å². The van der Waals surface area contributed by atoms with Crippen LogP contribution >= 0.6 is 11.3 Å². The standard InChI is InChI=1S/C17H24OS/c1-2-12-7-9-13(10-8-12)17(18)16-11-14-5-3-4-6-15(14)19-16/h11-13H,2-10H2,1H3. The quantitative estimate of drug-likeness (QED) is 0.708. The van der Waals surface area contributed by atoms with Crippen LogP contribution in [0.1, 0.15) is 72.0 Å². The van der Waals surface area contributed by atoms with Gasteiger partial charge in [0.15, 0.2) is 5.78 Å². The summed E-state index contributed by atoms with van der Waals surface area (Å²) in [7, 11) is 0. The summed E-state index contributed by atoms with van der Waals surface area (Å²) in [5.74, 6) is 1.65. The van der Waals surface area contributed by atoms with Gasteiger partial charge in [-0.3, -0.25) is 4.79 Å². The molecule has 1 fully saturated rings. The van der Waals surface area contributed by atoms with Gasteiger partial charge in [0.25, 0.3) is 0 Å². The molecule has 2 heteroatoms. The Morgan fingerprint density at radius 1 is 1.21 bits per heavy atom. The van der Waals surface area contributed by atoms with Crippen LogP contribution in [-0.2, 0) is 12.8 Å². The third-order valence-electron chi connectivity index (χ3n) is 5.03. The molecule has 0 bridgehead atoms. The van der Waals surface area contributed by atoms with Crippen LogP contribution in [0.25, 0.3) is 0 Å². The SMILES string of the molecule is CCC1CCC(C(=O)c2cc3c(s2)CCCC3)CC1. The zero-order valence-corrected chi connectivity index (χ0v) is 12.7. The van der Waals surface area contributed by atoms with Crippen molar-refractivity contribution in [2.45, 2.75) is 64.7 Å². The summed E-state index contributed by atoms with van der Waals surface area (Å²) in [4.78, 5) is 15.2. The largest absolute Gasteiger partial charge is 0.293 e. The lowest BCUT2D eigenvalue weighted by Crippen LogP contribution is -2.21. The predicted octanol–water partition coefficient (Wildman–Crippen LogP) is 5.03. The van der Waals surface area contributed by atoms with Crippen LogP contribution < -0.4 is 0 Å². The van der Waals surface area contributed by atoms with E-state index in [4.69, 9.17) is 0 Å². The lowest BCUT2D eigenvalue weighted by Gasteiger charge is -2.26. The highest BCUT2D eigenvalue weighted by molar-refractivity contribution is 7.14. The number of carbonyl (C=O) groups is 1. The Hall–Kier alpha value is -0.630. The van der Waals surface area contributed by atoms with Gasteiger partial charge in [0.05, 0.1) is 4.88 Å². The van der Waals surface area contributed by atoms with Crippen molar-refractivity contribution in [3.63, 3.8) is 0 Å². The Morgan fingerprint density at radius 3 is 2.63 bits per heavy atom. The third kappa shape index (κ3) is 2.79. The first-order valence-electron chi connectivity index (χ1n) is 7.93. The summed E-state index contributed by atoms with van der Waals surface area (Å²) >= 11 is 1.79. The van der Waals surface area contributed by atoms with E-state index in [9.17, 15) is 4.79 Å². The minimum absolute atomic E-state index is 0.322. The van der Waals surface area contributed by atoms with E-state index in [-0.39, 0.29) is 0 Å². The van der Waals surface area contributed by atoms with Crippen molar-refractivity contribution in [3.05, 3.63) is 21.4 Å². The molecule has 104 valence electrons. The molecule has 3 rings (SSSR count). The van der Waals surface area contributed by atoms with Gasteiger partial charge in [-0.2, -0.15) is 0 Å². The molecular weight excluding hydrogens is 252 g/mol. The van der Waals surface area contributed by atoms with Gasteiger partial charge >= 0.3 is 0 Å². The van der Waals surface area contributed by atoms with Crippen LogP contribution in [0.4, 0.5) is 0 Å². The second-order valence-corrected chi connectivity index (χ2v) is 7.39. The lowest BCUT2D eigenvalue weighted by molar-refractivity contribution is 0.0875. The molecule has 1 nitrogen and oxygen atoms in total. The fourth-order valence-corrected chi connectivity index (χ4v) is 4.92. The van der Waals surface area contributed by atoms with Crippen molar-refractivity contribution in [2.75, 3.05) is 0 Å². The Kier molecular flexibility index (Phi) is 4.07. The maximum atomic E-state index is 12.6. The second kappa shape index (κ2) is 5.78. The van der Waals surface area contributed by atoms with Crippen LogP contribution in [0, 0.1) is 11.8 Å². The van der Waals surface area contributed by atoms with Gasteiger partial charge in [0.1, 0.15) is 0 Å². The Labute approximate surface area is 120 Å². The maximum Gasteiger partial charge on any atom is 0.175 e. The number of fused-ring (bicyclic) bond motifs is 1. The van der Waals surface area contributed by atoms with E-state index in [1.807, 2.05) is 0 Å². The summed E-state index contributed by atoms with van der Waals surface area (Å²) < 4.78 is 0. The predicted molar refractivity (Wildman–Crippen MR) is 81.0 cm³/mol. The molecule has 1 aromatic heterocycles. The number of hydrogen-bond donors (Lipinski definition) is 0. The number of thiophene rings is 1. The Bertz CT molecular complexity index is 428. The molecule has 0 saturated heterocycles. The number of carbonyl (C=O) groups excluding carboxylic acids is 1. The topological polar surface area (TPSA) is 17.1 Å². The van der Waals surface area contributed by atoms with E-state index in [0.717, 1.165) is 23.6 Å². The number of rotatable bonds is 3. The van der Waals surface area contributed by atoms with Crippen molar-refractivity contribution in [1.29, 1.82) is 0 Å². The zero-order chi connectivity index (χ0) is 13.2. The monoisotopic (exact) mass is 276 g/mol. The van der Waals surface area contributed by atoms with Gasteiger partial charge in [-0.25, -0.2) is 0 Å². The number of aryl methyl sites for hydroxylation is 2. The zero-order valence-electron chi connectivity index (χ0n) is 11.9. The van der Waals surface area contributed by atoms with E-state index in [1.165, 1.54) is 55.4 Å². The first-order valence-corrected chi connectivity index (χ1v) is 8.75. The molecule has 0 radical (unpaired) electrons. The molecule has 0 aliphatic heterocycles. The molecule has 0 amide bonds. The number of ketones is 1. The second-order valence-electron chi connectivity index (χ2n) is 6.26. The van der Waals surface area contributed by atoms with Gasteiger partial charge < -0.3 is 0 Å². The number of Topliss-reactive ketones (excluding diaryl/α,β-unsaturated/α-hetero) is 1. The molecule has 0 aromatic carbocycles. The van der Waals surface area contributed by atoms with Crippen LogP contribution in [0.3, 0.4) is 0 Å². The van der Waals surface area contributed by atoms with Gasteiger partial charge in [-0.05, 0) is 68.9 Å². The van der Waals surface area contributed by atoms with E-state index in [1.54, 1.807) is 11.3 Å². The normalized spacial score (nSPS) is 27.0. The van der Waals surface area contributed by atoms with Crippen LogP contribution in [0.15, 0.2) is 6.07 Å². The molecule has 1 saturated carbocycles. The van der Waals surface area contributed by atoms with E-state index < -0.39 is 0 Å². The smallest absolute Gasteiger partial charge is 0.175 e. The summed E-state index contributed by atoms with van der Waals surface area (Å²) in [5, 5.41) is 0. The molecule has 0 unspecified atom stereocenters. The Balaban J connectivity index is 1.68. The van der Waals surface area contributed by atoms with Gasteiger partial charge in [0, 0.05) is 10.8 Å². The average molecular weight is 276 g/mol. The molecule has 19 heavy (non-hydrogen) atoms. The highest BCUT2D eigenvalue weighted by Gasteiger charge is 2.28. The van der Waals surface area contributed by atoms with E-state index in [0.29, 0.717) is 11.7 Å². The molecule has 1 heterocycles. The fraction of sp³-hybridized carbons (Fsp3) is 0.706. The molecule has 0 atom stereocenters. The van der Waals surface area contributed by atoms with Crippen molar-refractivity contribution in [3.8, 4) is 0 Å². The van der Waals surface area contributed by atoms with Crippen molar-refractivity contribution >= 4 is 17.1 Å². The summed E-state index contributed by atoms with van der Waals surface area (Å²) in [6, 6.07) is 2.22. The molecule has 1 aromatic rings. The maximum absolute atomic E-state index is 12.6. The van der Waals surface area contributed by atoms with Crippen molar-refractivity contribution < 1.29 is 4.79 Å². The Morgan fingerprint density at radius 2 is 1.95 bits per heavy atom. The fourth-order valence-electron chi connectivity index (χ4n) is 3.65. The first kappa shape index (κ1) is 13.4. The number of hydrogen-bond acceptors (Lipinski definition) is 2.